The first kappa shape index (κ1) is 29.6. The van der Waals surface area contributed by atoms with Crippen LogP contribution in [-0.2, 0) is 10.2 Å². The molecule has 2 aromatic carbocycles. The summed E-state index contributed by atoms with van der Waals surface area (Å²) in [6, 6.07) is 8.13. The molecule has 11 heteroatoms. The molecular formula is C27H31Cl2F2N5O2. The molecule has 1 aliphatic rings. The van der Waals surface area contributed by atoms with Gasteiger partial charge in [-0.25, -0.2) is 13.6 Å². The van der Waals surface area contributed by atoms with Gasteiger partial charge in [0.2, 0.25) is 5.91 Å². The lowest BCUT2D eigenvalue weighted by Gasteiger charge is -2.37. The van der Waals surface area contributed by atoms with E-state index in [-0.39, 0.29) is 39.7 Å². The molecular weight excluding hydrogens is 535 g/mol. The molecule has 3 rings (SSSR count). The number of nitrogens with two attached hydrogens (primary N) is 1. The van der Waals surface area contributed by atoms with Gasteiger partial charge in [-0.2, -0.15) is 5.26 Å². The molecule has 4 unspecified atom stereocenters. The van der Waals surface area contributed by atoms with E-state index in [9.17, 15) is 14.9 Å². The smallest absolute Gasteiger partial charge is 0.312 e. The lowest BCUT2D eigenvalue weighted by molar-refractivity contribution is -0.123. The number of amides is 3. The summed E-state index contributed by atoms with van der Waals surface area (Å²) >= 11 is 12.1. The first-order chi connectivity index (χ1) is 17.8. The van der Waals surface area contributed by atoms with Crippen molar-refractivity contribution >= 4 is 35.1 Å². The van der Waals surface area contributed by atoms with Crippen molar-refractivity contribution in [2.45, 2.75) is 57.0 Å². The van der Waals surface area contributed by atoms with Crippen LogP contribution in [0.4, 0.5) is 13.6 Å². The summed E-state index contributed by atoms with van der Waals surface area (Å²) in [4.78, 5) is 24.4. The third-order valence-electron chi connectivity index (χ3n) is 6.68. The van der Waals surface area contributed by atoms with Gasteiger partial charge in [-0.3, -0.25) is 4.79 Å². The minimum Gasteiger partial charge on any atom is -0.355 e. The number of hydrogen-bond acceptors (Lipinski definition) is 4. The van der Waals surface area contributed by atoms with Gasteiger partial charge in [0.25, 0.3) is 0 Å². The number of rotatable bonds is 8. The average Bonchev–Trinajstić information content (AvgIpc) is 3.13. The van der Waals surface area contributed by atoms with Crippen LogP contribution in [0.25, 0.3) is 0 Å². The largest absolute Gasteiger partial charge is 0.355 e. The van der Waals surface area contributed by atoms with Crippen molar-refractivity contribution in [1.29, 1.82) is 5.26 Å². The van der Waals surface area contributed by atoms with E-state index in [4.69, 9.17) is 28.9 Å². The van der Waals surface area contributed by atoms with Gasteiger partial charge in [-0.1, -0.05) is 62.2 Å². The molecule has 1 aliphatic heterocycles. The average molecular weight is 566 g/mol. The van der Waals surface area contributed by atoms with Crippen LogP contribution in [0.1, 0.15) is 50.7 Å². The van der Waals surface area contributed by atoms with E-state index in [1.54, 1.807) is 0 Å². The van der Waals surface area contributed by atoms with Crippen molar-refractivity contribution in [3.8, 4) is 6.07 Å². The van der Waals surface area contributed by atoms with E-state index in [1.807, 2.05) is 20.8 Å². The fourth-order valence-corrected chi connectivity index (χ4v) is 5.52. The fourth-order valence-electron chi connectivity index (χ4n) is 5.18. The van der Waals surface area contributed by atoms with Gasteiger partial charge in [0.15, 0.2) is 0 Å². The quantitative estimate of drug-likeness (QED) is 0.344. The Balaban J connectivity index is 2.17. The maximum Gasteiger partial charge on any atom is 0.312 e. The molecule has 5 N–H and O–H groups in total. The Kier molecular flexibility index (Phi) is 9.24. The minimum absolute atomic E-state index is 0.0106. The topological polar surface area (TPSA) is 120 Å². The lowest BCUT2D eigenvalue weighted by Crippen LogP contribution is -2.46. The maximum absolute atomic E-state index is 15.6. The summed E-state index contributed by atoms with van der Waals surface area (Å²) < 4.78 is 31.1. The second-order valence-corrected chi connectivity index (χ2v) is 11.5. The van der Waals surface area contributed by atoms with Crippen LogP contribution >= 0.6 is 23.2 Å². The molecule has 0 spiro atoms. The first-order valence-electron chi connectivity index (χ1n) is 12.2. The SMILES string of the molecule is CC(C)(C)CC1NC(C(=O)NCCCNC(N)=O)C(c2cccc(Cl)c2F)C1(C#N)c1ccc(Cl)cc1F. The molecule has 0 bridgehead atoms. The lowest BCUT2D eigenvalue weighted by atomic mass is 9.62. The molecule has 7 nitrogen and oxygen atoms in total. The zero-order valence-electron chi connectivity index (χ0n) is 21.4. The zero-order valence-corrected chi connectivity index (χ0v) is 22.9. The number of halogens is 4. The molecule has 0 radical (unpaired) electrons. The highest BCUT2D eigenvalue weighted by molar-refractivity contribution is 6.31. The number of nitrogens with one attached hydrogen (secondary N) is 3. The van der Waals surface area contributed by atoms with Crippen molar-refractivity contribution in [1.82, 2.24) is 16.0 Å². The van der Waals surface area contributed by atoms with Crippen LogP contribution < -0.4 is 21.7 Å². The van der Waals surface area contributed by atoms with E-state index in [1.165, 1.54) is 30.3 Å². The number of carbonyl (C=O) groups excluding carboxylic acids is 2. The van der Waals surface area contributed by atoms with Crippen molar-refractivity contribution in [3.63, 3.8) is 0 Å². The Morgan fingerprint density at radius 2 is 1.84 bits per heavy atom. The molecule has 3 amide bonds. The monoisotopic (exact) mass is 565 g/mol. The zero-order chi connectivity index (χ0) is 28.3. The molecule has 204 valence electrons. The molecule has 1 fully saturated rings. The number of urea groups is 1. The van der Waals surface area contributed by atoms with Crippen molar-refractivity contribution < 1.29 is 18.4 Å². The van der Waals surface area contributed by atoms with Gasteiger partial charge in [0, 0.05) is 35.6 Å². The normalized spacial score (nSPS) is 23.1. The molecule has 0 aromatic heterocycles. The van der Waals surface area contributed by atoms with Gasteiger partial charge < -0.3 is 21.7 Å². The number of nitrogens with zero attached hydrogens (tertiary/aromatic N) is 1. The molecule has 0 saturated carbocycles. The number of hydrogen-bond donors (Lipinski definition) is 4. The van der Waals surface area contributed by atoms with Crippen LogP contribution in [0.3, 0.4) is 0 Å². The van der Waals surface area contributed by atoms with Crippen molar-refractivity contribution in [3.05, 3.63) is 69.2 Å². The Labute approximate surface area is 231 Å². The predicted octanol–water partition coefficient (Wildman–Crippen LogP) is 4.77. The van der Waals surface area contributed by atoms with Crippen LogP contribution in [-0.4, -0.2) is 37.1 Å². The van der Waals surface area contributed by atoms with E-state index in [2.05, 4.69) is 22.0 Å². The minimum atomic E-state index is -1.69. The van der Waals surface area contributed by atoms with Crippen molar-refractivity contribution in [2.75, 3.05) is 13.1 Å². The van der Waals surface area contributed by atoms with Crippen LogP contribution in [0.2, 0.25) is 10.0 Å². The molecule has 2 aromatic rings. The Morgan fingerprint density at radius 3 is 2.45 bits per heavy atom. The standard InChI is InChI=1S/C27H31Cl2F2N5O2/c1-26(2,3)13-20-27(14-32,17-9-8-15(28)12-19(17)30)21(16-6-4-7-18(29)22(16)31)23(36-20)24(37)34-10-5-11-35-25(33)38/h4,6-9,12,20-21,23,36H,5,10-11,13H2,1-3H3,(H,34,37)(H3,33,35,38). The first-order valence-corrected chi connectivity index (χ1v) is 12.9. The van der Waals surface area contributed by atoms with Gasteiger partial charge in [-0.15, -0.1) is 0 Å². The van der Waals surface area contributed by atoms with Gasteiger partial charge in [-0.05, 0) is 42.0 Å². The maximum atomic E-state index is 15.6. The van der Waals surface area contributed by atoms with Gasteiger partial charge in [0.05, 0.1) is 17.1 Å². The molecule has 4 atom stereocenters. The number of nitriles is 1. The molecule has 0 aliphatic carbocycles. The predicted molar refractivity (Wildman–Crippen MR) is 143 cm³/mol. The highest BCUT2D eigenvalue weighted by Gasteiger charge is 2.61. The molecule has 38 heavy (non-hydrogen) atoms. The molecule has 1 saturated heterocycles. The summed E-state index contributed by atoms with van der Waals surface area (Å²) in [7, 11) is 0. The van der Waals surface area contributed by atoms with Gasteiger partial charge in [0.1, 0.15) is 17.0 Å². The van der Waals surface area contributed by atoms with E-state index < -0.39 is 47.0 Å². The summed E-state index contributed by atoms with van der Waals surface area (Å²) in [5, 5.41) is 19.2. The third kappa shape index (κ3) is 6.20. The Bertz CT molecular complexity index is 1250. The number of carbonyl (C=O) groups is 2. The van der Waals surface area contributed by atoms with E-state index in [0.29, 0.717) is 12.8 Å². The number of benzene rings is 2. The van der Waals surface area contributed by atoms with Crippen LogP contribution in [0.15, 0.2) is 36.4 Å². The van der Waals surface area contributed by atoms with Crippen molar-refractivity contribution in [2.24, 2.45) is 11.1 Å². The summed E-state index contributed by atoms with van der Waals surface area (Å²) in [6.45, 7) is 6.31. The fraction of sp³-hybridized carbons (Fsp3) is 0.444. The van der Waals surface area contributed by atoms with Crippen LogP contribution in [0.5, 0.6) is 0 Å². The number of primary amides is 1. The summed E-state index contributed by atoms with van der Waals surface area (Å²) in [6.07, 6.45) is 0.756. The Hall–Kier alpha value is -2.93. The van der Waals surface area contributed by atoms with Gasteiger partial charge >= 0.3 is 6.03 Å². The Morgan fingerprint density at radius 1 is 1.16 bits per heavy atom. The summed E-state index contributed by atoms with van der Waals surface area (Å²) in [5.74, 6) is -3.16. The third-order valence-corrected chi connectivity index (χ3v) is 7.21. The molecule has 1 heterocycles. The van der Waals surface area contributed by atoms with E-state index >= 15 is 8.78 Å². The highest BCUT2D eigenvalue weighted by Crippen LogP contribution is 2.52. The highest BCUT2D eigenvalue weighted by atomic mass is 35.5. The van der Waals surface area contributed by atoms with E-state index in [0.717, 1.165) is 6.07 Å². The summed E-state index contributed by atoms with van der Waals surface area (Å²) in [5.41, 5.74) is 3.07. The second kappa shape index (κ2) is 11.9. The second-order valence-electron chi connectivity index (χ2n) is 10.6. The van der Waals surface area contributed by atoms with Crippen LogP contribution in [0, 0.1) is 28.4 Å².